The Kier molecular flexibility index (Phi) is 5.90. The standard InChI is InChI=1S/C50H28S2/c1-3-11-34-29(8-1)10-7-15-35(34)33-19-24-46-44(28-33)43-27-32(18-23-45(43)51-46)31-16-20-40-42(26-31)38-14-6-5-13-37(38)39-21-22-41-48-36-12-4-2-9-30(36)17-25-47(48)52-50(41)49(39)40/h1-28H. The van der Waals surface area contributed by atoms with E-state index in [1.54, 1.807) is 0 Å². The lowest BCUT2D eigenvalue weighted by Gasteiger charge is -2.13. The normalized spacial score (nSPS) is 12.2. The SMILES string of the molecule is c1ccc2c(-c3ccc4sc5ccc(-c6ccc7c(c6)c6ccccc6c6ccc8c(sc9ccc%10ccccc%10c98)c67)cc5c4c3)cccc2c1. The van der Waals surface area contributed by atoms with Crippen LogP contribution in [-0.2, 0) is 0 Å². The molecule has 0 bridgehead atoms. The minimum atomic E-state index is 1.25. The maximum absolute atomic E-state index is 2.44. The van der Waals surface area contributed by atoms with Crippen molar-refractivity contribution in [3.05, 3.63) is 170 Å². The highest BCUT2D eigenvalue weighted by molar-refractivity contribution is 7.27. The van der Waals surface area contributed by atoms with Crippen molar-refractivity contribution < 1.29 is 0 Å². The monoisotopic (exact) mass is 692 g/mol. The summed E-state index contributed by atoms with van der Waals surface area (Å²) in [6.07, 6.45) is 0. The zero-order chi connectivity index (χ0) is 33.9. The largest absolute Gasteiger partial charge is 0.135 e. The molecule has 0 unspecified atom stereocenters. The molecule has 2 aromatic heterocycles. The van der Waals surface area contributed by atoms with Crippen molar-refractivity contribution >= 4 is 117 Å². The van der Waals surface area contributed by atoms with Gasteiger partial charge in [0.15, 0.2) is 0 Å². The van der Waals surface area contributed by atoms with E-state index in [1.165, 1.54) is 116 Å². The highest BCUT2D eigenvalue weighted by Crippen LogP contribution is 2.47. The van der Waals surface area contributed by atoms with E-state index in [-0.39, 0.29) is 0 Å². The summed E-state index contributed by atoms with van der Waals surface area (Å²) in [5.41, 5.74) is 5.04. The zero-order valence-electron chi connectivity index (χ0n) is 28.0. The number of hydrogen-bond acceptors (Lipinski definition) is 2. The third-order valence-electron chi connectivity index (χ3n) is 11.2. The molecular weight excluding hydrogens is 665 g/mol. The molecule has 240 valence electrons. The second-order valence-electron chi connectivity index (χ2n) is 14.0. The summed E-state index contributed by atoms with van der Waals surface area (Å²) in [5, 5.41) is 18.5. The van der Waals surface area contributed by atoms with Gasteiger partial charge in [-0.15, -0.1) is 22.7 Å². The molecule has 0 aliphatic carbocycles. The Labute approximate surface area is 307 Å². The van der Waals surface area contributed by atoms with Crippen LogP contribution < -0.4 is 0 Å². The second-order valence-corrected chi connectivity index (χ2v) is 16.1. The van der Waals surface area contributed by atoms with Crippen molar-refractivity contribution in [2.45, 2.75) is 0 Å². The van der Waals surface area contributed by atoms with Crippen LogP contribution in [0.4, 0.5) is 0 Å². The summed E-state index contributed by atoms with van der Waals surface area (Å²) in [5.74, 6) is 0. The minimum absolute atomic E-state index is 1.25. The first kappa shape index (κ1) is 28.6. The van der Waals surface area contributed by atoms with Crippen LogP contribution in [0.2, 0.25) is 0 Å². The van der Waals surface area contributed by atoms with Crippen LogP contribution in [0.1, 0.15) is 0 Å². The van der Waals surface area contributed by atoms with E-state index in [4.69, 9.17) is 0 Å². The van der Waals surface area contributed by atoms with Crippen molar-refractivity contribution in [1.29, 1.82) is 0 Å². The Bertz CT molecular complexity index is 3460. The Morgan fingerprint density at radius 1 is 0.269 bits per heavy atom. The van der Waals surface area contributed by atoms with Gasteiger partial charge in [-0.2, -0.15) is 0 Å². The average Bonchev–Trinajstić information content (AvgIpc) is 3.78. The van der Waals surface area contributed by atoms with Crippen LogP contribution >= 0.6 is 22.7 Å². The van der Waals surface area contributed by atoms with E-state index in [1.807, 2.05) is 22.7 Å². The van der Waals surface area contributed by atoms with Gasteiger partial charge in [0.25, 0.3) is 0 Å². The number of hydrogen-bond donors (Lipinski definition) is 0. The van der Waals surface area contributed by atoms with E-state index < -0.39 is 0 Å². The summed E-state index contributed by atoms with van der Waals surface area (Å²) in [6, 6.07) is 63.6. The van der Waals surface area contributed by atoms with Crippen LogP contribution in [0, 0.1) is 0 Å². The molecule has 12 aromatic rings. The molecule has 2 heterocycles. The van der Waals surface area contributed by atoms with Crippen LogP contribution in [0.5, 0.6) is 0 Å². The van der Waals surface area contributed by atoms with Gasteiger partial charge in [0, 0.05) is 45.7 Å². The van der Waals surface area contributed by atoms with Gasteiger partial charge in [-0.05, 0) is 107 Å². The molecule has 10 aromatic carbocycles. The van der Waals surface area contributed by atoms with E-state index in [0.717, 1.165) is 0 Å². The van der Waals surface area contributed by atoms with Crippen molar-refractivity contribution in [2.24, 2.45) is 0 Å². The van der Waals surface area contributed by atoms with Gasteiger partial charge in [0.05, 0.1) is 0 Å². The van der Waals surface area contributed by atoms with Gasteiger partial charge in [0.2, 0.25) is 0 Å². The molecule has 0 aliphatic rings. The summed E-state index contributed by atoms with van der Waals surface area (Å²) in [7, 11) is 0. The minimum Gasteiger partial charge on any atom is -0.135 e. The van der Waals surface area contributed by atoms with E-state index in [2.05, 4.69) is 170 Å². The van der Waals surface area contributed by atoms with Gasteiger partial charge in [0.1, 0.15) is 0 Å². The van der Waals surface area contributed by atoms with Gasteiger partial charge < -0.3 is 0 Å². The Balaban J connectivity index is 1.09. The number of fused-ring (bicyclic) bond motifs is 16. The van der Waals surface area contributed by atoms with Gasteiger partial charge >= 0.3 is 0 Å². The molecule has 0 N–H and O–H groups in total. The highest BCUT2D eigenvalue weighted by Gasteiger charge is 2.17. The second kappa shape index (κ2) is 10.7. The van der Waals surface area contributed by atoms with Crippen molar-refractivity contribution in [3.8, 4) is 22.3 Å². The number of thiophene rings is 2. The average molecular weight is 693 g/mol. The lowest BCUT2D eigenvalue weighted by molar-refractivity contribution is 1.69. The molecule has 0 fully saturated rings. The quantitative estimate of drug-likeness (QED) is 0.158. The summed E-state index contributed by atoms with van der Waals surface area (Å²) in [6.45, 7) is 0. The fourth-order valence-corrected chi connectivity index (χ4v) is 11.2. The molecule has 0 saturated carbocycles. The Hall–Kier alpha value is -6.06. The first-order valence-electron chi connectivity index (χ1n) is 17.8. The van der Waals surface area contributed by atoms with E-state index >= 15 is 0 Å². The lowest BCUT2D eigenvalue weighted by Crippen LogP contribution is -1.86. The molecule has 12 rings (SSSR count). The maximum Gasteiger partial charge on any atom is 0.0440 e. The summed E-state index contributed by atoms with van der Waals surface area (Å²) < 4.78 is 5.37. The molecule has 0 amide bonds. The highest BCUT2D eigenvalue weighted by atomic mass is 32.1. The first-order valence-corrected chi connectivity index (χ1v) is 19.5. The molecule has 0 radical (unpaired) electrons. The van der Waals surface area contributed by atoms with Crippen LogP contribution in [0.3, 0.4) is 0 Å². The molecule has 0 aliphatic heterocycles. The van der Waals surface area contributed by atoms with Gasteiger partial charge in [-0.25, -0.2) is 0 Å². The Morgan fingerprint density at radius 3 is 1.62 bits per heavy atom. The lowest BCUT2D eigenvalue weighted by atomic mass is 9.91. The molecule has 0 nitrogen and oxygen atoms in total. The Morgan fingerprint density at radius 2 is 0.808 bits per heavy atom. The number of benzene rings is 10. The zero-order valence-corrected chi connectivity index (χ0v) is 29.6. The topological polar surface area (TPSA) is 0 Å². The van der Waals surface area contributed by atoms with Gasteiger partial charge in [-0.1, -0.05) is 133 Å². The predicted octanol–water partition coefficient (Wildman–Crippen LogP) is 15.5. The van der Waals surface area contributed by atoms with Crippen LogP contribution in [0.15, 0.2) is 170 Å². The van der Waals surface area contributed by atoms with Crippen molar-refractivity contribution in [2.75, 3.05) is 0 Å². The van der Waals surface area contributed by atoms with Crippen molar-refractivity contribution in [3.63, 3.8) is 0 Å². The van der Waals surface area contributed by atoms with Gasteiger partial charge in [-0.3, -0.25) is 0 Å². The first-order chi connectivity index (χ1) is 25.8. The van der Waals surface area contributed by atoms with Crippen LogP contribution in [-0.4, -0.2) is 0 Å². The fourth-order valence-electron chi connectivity index (χ4n) is 8.82. The molecular formula is C50H28S2. The van der Waals surface area contributed by atoms with E-state index in [9.17, 15) is 0 Å². The fraction of sp³-hybridized carbons (Fsp3) is 0. The third kappa shape index (κ3) is 4.02. The molecule has 0 spiro atoms. The third-order valence-corrected chi connectivity index (χ3v) is 13.6. The summed E-state index contributed by atoms with van der Waals surface area (Å²) >= 11 is 3.82. The van der Waals surface area contributed by atoms with Crippen LogP contribution in [0.25, 0.3) is 116 Å². The van der Waals surface area contributed by atoms with E-state index in [0.29, 0.717) is 0 Å². The number of rotatable bonds is 2. The smallest absolute Gasteiger partial charge is 0.0440 e. The molecule has 2 heteroatoms. The summed E-state index contributed by atoms with van der Waals surface area (Å²) in [4.78, 5) is 0. The molecule has 0 atom stereocenters. The molecule has 52 heavy (non-hydrogen) atoms. The molecule has 0 saturated heterocycles. The van der Waals surface area contributed by atoms with Crippen molar-refractivity contribution in [1.82, 2.24) is 0 Å². The maximum atomic E-state index is 2.44. The predicted molar refractivity (Wildman–Crippen MR) is 231 cm³/mol.